The number of rotatable bonds is 4. The number of hydrogen-bond acceptors (Lipinski definition) is 3. The molecule has 0 aliphatic rings. The van der Waals surface area contributed by atoms with Crippen LogP contribution in [0.4, 0.5) is 11.4 Å². The Bertz CT molecular complexity index is 411. The Labute approximate surface area is 79.5 Å². The minimum Gasteiger partial charge on any atom is -0.327 e. The van der Waals surface area contributed by atoms with Crippen LogP contribution in [0.25, 0.3) is 0 Å². The van der Waals surface area contributed by atoms with Gasteiger partial charge in [0.2, 0.25) is 12.8 Å². The molecule has 1 rings (SSSR count). The van der Waals surface area contributed by atoms with Gasteiger partial charge in [-0.05, 0) is 6.07 Å². The van der Waals surface area contributed by atoms with E-state index in [9.17, 15) is 14.4 Å². The quantitative estimate of drug-likeness (QED) is 0.637. The fourth-order valence-electron chi connectivity index (χ4n) is 1.03. The zero-order valence-electron chi connectivity index (χ0n) is 7.48. The third-order valence-corrected chi connectivity index (χ3v) is 1.62. The van der Waals surface area contributed by atoms with E-state index in [1.54, 1.807) is 0 Å². The zero-order valence-corrected chi connectivity index (χ0v) is 7.48. The van der Waals surface area contributed by atoms with Gasteiger partial charge in [0.15, 0.2) is 0 Å². The van der Waals surface area contributed by atoms with Gasteiger partial charge in [-0.2, -0.15) is 0 Å². The predicted octanol–water partition coefficient (Wildman–Crippen LogP) is -0.478. The van der Waals surface area contributed by atoms with Gasteiger partial charge < -0.3 is 15.2 Å². The molecule has 6 nitrogen and oxygen atoms in total. The van der Waals surface area contributed by atoms with E-state index in [1.165, 1.54) is 23.9 Å². The predicted molar refractivity (Wildman–Crippen MR) is 51.1 cm³/mol. The molecule has 74 valence electrons. The summed E-state index contributed by atoms with van der Waals surface area (Å²) in [6, 6.07) is 1.38. The molecule has 0 atom stereocenters. The van der Waals surface area contributed by atoms with Gasteiger partial charge in [-0.15, -0.1) is 0 Å². The van der Waals surface area contributed by atoms with Crippen molar-refractivity contribution in [1.82, 2.24) is 4.57 Å². The van der Waals surface area contributed by atoms with Crippen molar-refractivity contribution in [3.63, 3.8) is 0 Å². The lowest BCUT2D eigenvalue weighted by atomic mass is 10.3. The first kappa shape index (κ1) is 9.97. The molecule has 1 aromatic heterocycles. The molecule has 0 saturated heterocycles. The van der Waals surface area contributed by atoms with Gasteiger partial charge in [-0.1, -0.05) is 0 Å². The molecule has 0 spiro atoms. The van der Waals surface area contributed by atoms with Crippen molar-refractivity contribution in [3.8, 4) is 0 Å². The van der Waals surface area contributed by atoms with Crippen molar-refractivity contribution in [1.29, 1.82) is 0 Å². The fourth-order valence-corrected chi connectivity index (χ4v) is 1.03. The number of carbonyl (C=O) groups is 2. The number of amides is 2. The normalized spacial score (nSPS) is 9.21. The van der Waals surface area contributed by atoms with Gasteiger partial charge in [0.1, 0.15) is 5.69 Å². The van der Waals surface area contributed by atoms with E-state index in [4.69, 9.17) is 0 Å². The Morgan fingerprint density at radius 1 is 1.29 bits per heavy atom. The van der Waals surface area contributed by atoms with E-state index in [1.807, 2.05) is 0 Å². The molecule has 0 aromatic carbocycles. The monoisotopic (exact) mass is 195 g/mol. The minimum absolute atomic E-state index is 0.120. The average molecular weight is 195 g/mol. The Kier molecular flexibility index (Phi) is 3.01. The van der Waals surface area contributed by atoms with Crippen LogP contribution in [0.5, 0.6) is 0 Å². The van der Waals surface area contributed by atoms with Gasteiger partial charge in [0.05, 0.1) is 5.69 Å². The Balaban J connectivity index is 3.19. The van der Waals surface area contributed by atoms with Crippen LogP contribution < -0.4 is 16.2 Å². The van der Waals surface area contributed by atoms with E-state index in [0.717, 1.165) is 0 Å². The number of hydrogen-bond donors (Lipinski definition) is 2. The van der Waals surface area contributed by atoms with Crippen LogP contribution in [0.1, 0.15) is 0 Å². The van der Waals surface area contributed by atoms with E-state index in [-0.39, 0.29) is 11.2 Å². The lowest BCUT2D eigenvalue weighted by Gasteiger charge is -2.05. The standard InChI is InChI=1S/C8H9N3O3/c1-11-3-6(9-4-12)2-7(8(11)14)10-5-13/h2-5H,1H3,(H,9,12)(H,10,13). The second-order valence-corrected chi connectivity index (χ2v) is 2.58. The maximum atomic E-state index is 11.3. The smallest absolute Gasteiger partial charge is 0.274 e. The van der Waals surface area contributed by atoms with E-state index < -0.39 is 0 Å². The average Bonchev–Trinajstić information content (AvgIpc) is 2.14. The maximum Gasteiger partial charge on any atom is 0.274 e. The molecule has 2 amide bonds. The first-order valence-electron chi connectivity index (χ1n) is 3.80. The minimum atomic E-state index is -0.339. The molecule has 0 unspecified atom stereocenters. The summed E-state index contributed by atoms with van der Waals surface area (Å²) in [7, 11) is 1.52. The molecule has 0 aliphatic heterocycles. The number of nitrogens with zero attached hydrogens (tertiary/aromatic N) is 1. The summed E-state index contributed by atoms with van der Waals surface area (Å²) in [5.41, 5.74) is 0.217. The highest BCUT2D eigenvalue weighted by Crippen LogP contribution is 2.08. The third-order valence-electron chi connectivity index (χ3n) is 1.62. The van der Waals surface area contributed by atoms with Crippen molar-refractivity contribution in [2.45, 2.75) is 0 Å². The Morgan fingerprint density at radius 3 is 2.50 bits per heavy atom. The number of carbonyl (C=O) groups excluding carboxylic acids is 2. The van der Waals surface area contributed by atoms with Crippen LogP contribution in [0.15, 0.2) is 17.1 Å². The van der Waals surface area contributed by atoms with Gasteiger partial charge in [0, 0.05) is 13.2 Å². The van der Waals surface area contributed by atoms with Gasteiger partial charge in [-0.25, -0.2) is 0 Å². The van der Waals surface area contributed by atoms with Crippen LogP contribution >= 0.6 is 0 Å². The van der Waals surface area contributed by atoms with Gasteiger partial charge in [-0.3, -0.25) is 14.4 Å². The summed E-state index contributed by atoms with van der Waals surface area (Å²) in [5.74, 6) is 0. The third kappa shape index (κ3) is 1.98. The van der Waals surface area contributed by atoms with Crippen LogP contribution in [-0.4, -0.2) is 17.4 Å². The van der Waals surface area contributed by atoms with Crippen molar-refractivity contribution in [2.24, 2.45) is 7.05 Å². The Hall–Kier alpha value is -2.11. The molecule has 0 aliphatic carbocycles. The fraction of sp³-hybridized carbons (Fsp3) is 0.125. The van der Waals surface area contributed by atoms with Gasteiger partial charge in [0.25, 0.3) is 5.56 Å². The first-order valence-corrected chi connectivity index (χ1v) is 3.80. The maximum absolute atomic E-state index is 11.3. The van der Waals surface area contributed by atoms with Crippen LogP contribution in [0.3, 0.4) is 0 Å². The Morgan fingerprint density at radius 2 is 1.93 bits per heavy atom. The molecule has 0 saturated carbocycles. The van der Waals surface area contributed by atoms with Crippen molar-refractivity contribution < 1.29 is 9.59 Å². The highest BCUT2D eigenvalue weighted by Gasteiger charge is 2.02. The van der Waals surface area contributed by atoms with Crippen molar-refractivity contribution in [2.75, 3.05) is 10.6 Å². The molecule has 1 heterocycles. The topological polar surface area (TPSA) is 80.2 Å². The molecular weight excluding hydrogens is 186 g/mol. The molecule has 6 heteroatoms. The summed E-state index contributed by atoms with van der Waals surface area (Å²) >= 11 is 0. The van der Waals surface area contributed by atoms with Gasteiger partial charge >= 0.3 is 0 Å². The zero-order chi connectivity index (χ0) is 10.6. The van der Waals surface area contributed by atoms with Crippen molar-refractivity contribution in [3.05, 3.63) is 22.6 Å². The molecule has 0 radical (unpaired) electrons. The largest absolute Gasteiger partial charge is 0.327 e. The molecular formula is C8H9N3O3. The SMILES string of the molecule is Cn1cc(NC=O)cc(NC=O)c1=O. The molecule has 0 fully saturated rings. The highest BCUT2D eigenvalue weighted by atomic mass is 16.1. The lowest BCUT2D eigenvalue weighted by molar-refractivity contribution is -0.106. The molecule has 14 heavy (non-hydrogen) atoms. The molecule has 0 bridgehead atoms. The summed E-state index contributed by atoms with van der Waals surface area (Å²) < 4.78 is 1.26. The first-order chi connectivity index (χ1) is 6.69. The summed E-state index contributed by atoms with van der Waals surface area (Å²) in [5, 5.41) is 4.62. The number of aryl methyl sites for hydroxylation is 1. The van der Waals surface area contributed by atoms with E-state index in [0.29, 0.717) is 18.5 Å². The highest BCUT2D eigenvalue weighted by molar-refractivity contribution is 5.76. The molecule has 2 N–H and O–H groups in total. The number of pyridine rings is 1. The van der Waals surface area contributed by atoms with E-state index >= 15 is 0 Å². The lowest BCUT2D eigenvalue weighted by Crippen LogP contribution is -2.20. The number of anilines is 2. The second-order valence-electron chi connectivity index (χ2n) is 2.58. The van der Waals surface area contributed by atoms with Crippen molar-refractivity contribution >= 4 is 24.2 Å². The summed E-state index contributed by atoms with van der Waals surface area (Å²) in [6.45, 7) is 0. The van der Waals surface area contributed by atoms with Crippen LogP contribution in [0, 0.1) is 0 Å². The van der Waals surface area contributed by atoms with Crippen LogP contribution in [0.2, 0.25) is 0 Å². The summed E-state index contributed by atoms with van der Waals surface area (Å²) in [6.07, 6.45) is 2.35. The number of aromatic nitrogens is 1. The molecule has 1 aromatic rings. The van der Waals surface area contributed by atoms with E-state index in [2.05, 4.69) is 10.6 Å². The van der Waals surface area contributed by atoms with Crippen LogP contribution in [-0.2, 0) is 16.6 Å². The number of nitrogens with one attached hydrogen (secondary N) is 2. The second kappa shape index (κ2) is 4.22. The summed E-state index contributed by atoms with van der Waals surface area (Å²) in [4.78, 5) is 31.6.